The van der Waals surface area contributed by atoms with Crippen LogP contribution in [0.4, 0.5) is 0 Å². The van der Waals surface area contributed by atoms with Crippen LogP contribution < -0.4 is 9.61 Å². The zero-order chi connectivity index (χ0) is 15.0. The summed E-state index contributed by atoms with van der Waals surface area (Å²) in [6.07, 6.45) is 0.542. The number of hydrogen-bond acceptors (Lipinski definition) is 4. The Hall–Kier alpha value is -0.650. The highest BCUT2D eigenvalue weighted by Crippen LogP contribution is 2.44. The van der Waals surface area contributed by atoms with E-state index < -0.39 is 12.6 Å². The minimum absolute atomic E-state index is 0.0788. The van der Waals surface area contributed by atoms with Crippen molar-refractivity contribution in [3.63, 3.8) is 0 Å². The predicted octanol–water partition coefficient (Wildman–Crippen LogP) is 3.43. The van der Waals surface area contributed by atoms with E-state index in [-0.39, 0.29) is 6.42 Å². The first kappa shape index (κ1) is 17.4. The summed E-state index contributed by atoms with van der Waals surface area (Å²) in [7, 11) is 0. The summed E-state index contributed by atoms with van der Waals surface area (Å²) >= 11 is 11.2. The fourth-order valence-corrected chi connectivity index (χ4v) is 3.72. The zero-order valence-electron chi connectivity index (χ0n) is 11.0. The third kappa shape index (κ3) is 6.68. The third-order valence-corrected chi connectivity index (χ3v) is 5.05. The highest BCUT2D eigenvalue weighted by molar-refractivity contribution is 8.09. The molecule has 0 aliphatic rings. The lowest BCUT2D eigenvalue weighted by Gasteiger charge is -2.23. The van der Waals surface area contributed by atoms with Gasteiger partial charge >= 0.3 is 12.6 Å². The second kappa shape index (κ2) is 8.60. The average molecular weight is 338 g/mol. The number of carbonyl (C=O) groups is 1. The average Bonchev–Trinajstić information content (AvgIpc) is 2.38. The van der Waals surface area contributed by atoms with E-state index in [0.29, 0.717) is 30.3 Å². The quantitative estimate of drug-likeness (QED) is 0.531. The van der Waals surface area contributed by atoms with E-state index >= 15 is 0 Å². The molecule has 1 aromatic carbocycles. The van der Waals surface area contributed by atoms with Gasteiger partial charge in [0, 0.05) is 18.0 Å². The molecule has 1 unspecified atom stereocenters. The summed E-state index contributed by atoms with van der Waals surface area (Å²) in [6, 6.07) is 6.82. The fraction of sp³-hybridized carbons (Fsp3) is 0.417. The van der Waals surface area contributed by atoms with Crippen molar-refractivity contribution in [3.05, 3.63) is 29.3 Å². The van der Waals surface area contributed by atoms with Crippen molar-refractivity contribution in [2.45, 2.75) is 19.8 Å². The molecule has 0 aliphatic heterocycles. The van der Waals surface area contributed by atoms with Crippen LogP contribution in [-0.4, -0.2) is 24.2 Å². The minimum Gasteiger partial charge on any atom is -0.481 e. The van der Waals surface area contributed by atoms with Gasteiger partial charge in [-0.2, -0.15) is 0 Å². The third-order valence-electron chi connectivity index (χ3n) is 2.21. The van der Waals surface area contributed by atoms with Crippen LogP contribution in [-0.2, 0) is 21.1 Å². The lowest BCUT2D eigenvalue weighted by atomic mass is 10.3. The standard InChI is InChI=1S/C12H17ClNO4PS/c1-2-17-19(20,14-9-3-4-12(15)16)18-11-7-5-10(13)6-8-11/h5-8H,2-4,9H2,1H3,(H,14,20)(H,15,16). The highest BCUT2D eigenvalue weighted by Gasteiger charge is 2.19. The maximum absolute atomic E-state index is 10.5. The molecule has 0 aliphatic carbocycles. The van der Waals surface area contributed by atoms with Crippen molar-refractivity contribution < 1.29 is 18.9 Å². The smallest absolute Gasteiger partial charge is 0.312 e. The van der Waals surface area contributed by atoms with E-state index in [1.807, 2.05) is 6.92 Å². The summed E-state index contributed by atoms with van der Waals surface area (Å²) < 4.78 is 11.2. The second-order valence-corrected chi connectivity index (χ2v) is 7.50. The Balaban J connectivity index is 2.58. The van der Waals surface area contributed by atoms with Crippen LogP contribution in [0.3, 0.4) is 0 Å². The summed E-state index contributed by atoms with van der Waals surface area (Å²) in [6.45, 7) is -0.00314. The van der Waals surface area contributed by atoms with Gasteiger partial charge in [-0.3, -0.25) is 4.79 Å². The van der Waals surface area contributed by atoms with Crippen LogP contribution in [0.2, 0.25) is 5.02 Å². The molecule has 2 N–H and O–H groups in total. The van der Waals surface area contributed by atoms with Crippen LogP contribution in [0.1, 0.15) is 19.8 Å². The molecule has 0 saturated heterocycles. The molecule has 0 fully saturated rings. The Morgan fingerprint density at radius 2 is 2.10 bits per heavy atom. The van der Waals surface area contributed by atoms with Gasteiger partial charge in [-0.25, -0.2) is 5.09 Å². The van der Waals surface area contributed by atoms with E-state index in [9.17, 15) is 4.79 Å². The number of aliphatic carboxylic acids is 1. The van der Waals surface area contributed by atoms with Gasteiger partial charge in [0.2, 0.25) is 0 Å². The minimum atomic E-state index is -2.67. The molecule has 0 radical (unpaired) electrons. The van der Waals surface area contributed by atoms with E-state index in [4.69, 9.17) is 37.6 Å². The van der Waals surface area contributed by atoms with E-state index in [1.165, 1.54) is 0 Å². The SMILES string of the molecule is CCOP(=S)(NCCCC(=O)O)Oc1ccc(Cl)cc1. The number of benzene rings is 1. The van der Waals surface area contributed by atoms with Crippen molar-refractivity contribution in [3.8, 4) is 5.75 Å². The van der Waals surface area contributed by atoms with E-state index in [2.05, 4.69) is 5.09 Å². The molecule has 0 heterocycles. The van der Waals surface area contributed by atoms with Gasteiger partial charge in [-0.15, -0.1) is 0 Å². The molecule has 5 nitrogen and oxygen atoms in total. The Morgan fingerprint density at radius 3 is 2.65 bits per heavy atom. The summed E-state index contributed by atoms with van der Waals surface area (Å²) in [5, 5.41) is 12.2. The molecule has 0 saturated carbocycles. The largest absolute Gasteiger partial charge is 0.481 e. The summed E-state index contributed by atoms with van der Waals surface area (Å²) in [5.74, 6) is -0.271. The molecular formula is C12H17ClNO4PS. The van der Waals surface area contributed by atoms with Crippen molar-refractivity contribution in [2.75, 3.05) is 13.2 Å². The van der Waals surface area contributed by atoms with Gasteiger partial charge in [-0.1, -0.05) is 11.6 Å². The second-order valence-electron chi connectivity index (χ2n) is 3.87. The number of carboxylic acids is 1. The Kier molecular flexibility index (Phi) is 7.48. The highest BCUT2D eigenvalue weighted by atomic mass is 35.5. The van der Waals surface area contributed by atoms with E-state index in [0.717, 1.165) is 0 Å². The first-order valence-corrected chi connectivity index (χ1v) is 9.13. The fourth-order valence-electron chi connectivity index (χ4n) is 1.36. The Bertz CT molecular complexity index is 483. The monoisotopic (exact) mass is 337 g/mol. The number of halogens is 1. The molecule has 0 bridgehead atoms. The molecule has 1 atom stereocenters. The number of carboxylic acid groups (broad SMARTS) is 1. The van der Waals surface area contributed by atoms with Crippen molar-refractivity contribution >= 4 is 36.0 Å². The zero-order valence-corrected chi connectivity index (χ0v) is 13.5. The van der Waals surface area contributed by atoms with Crippen LogP contribution in [0.5, 0.6) is 5.75 Å². The van der Waals surface area contributed by atoms with Crippen LogP contribution in [0, 0.1) is 0 Å². The maximum atomic E-state index is 10.5. The Morgan fingerprint density at radius 1 is 1.45 bits per heavy atom. The lowest BCUT2D eigenvalue weighted by Crippen LogP contribution is -2.18. The number of rotatable bonds is 9. The van der Waals surface area contributed by atoms with Crippen LogP contribution in [0.15, 0.2) is 24.3 Å². The van der Waals surface area contributed by atoms with Crippen molar-refractivity contribution in [2.24, 2.45) is 0 Å². The van der Waals surface area contributed by atoms with Gasteiger partial charge in [-0.05, 0) is 49.4 Å². The molecule has 8 heteroatoms. The van der Waals surface area contributed by atoms with Gasteiger partial charge in [0.1, 0.15) is 5.75 Å². The first-order chi connectivity index (χ1) is 9.45. The maximum Gasteiger partial charge on any atom is 0.312 e. The molecule has 0 spiro atoms. The van der Waals surface area contributed by atoms with Gasteiger partial charge < -0.3 is 14.2 Å². The molecule has 0 aromatic heterocycles. The Labute approximate surface area is 128 Å². The molecule has 1 aromatic rings. The summed E-state index contributed by atoms with van der Waals surface area (Å²) in [5.41, 5.74) is 0. The number of nitrogens with one attached hydrogen (secondary N) is 1. The summed E-state index contributed by atoms with van der Waals surface area (Å²) in [4.78, 5) is 10.5. The molecule has 20 heavy (non-hydrogen) atoms. The van der Waals surface area contributed by atoms with Crippen LogP contribution >= 0.6 is 18.2 Å². The molecule has 1 rings (SSSR count). The van der Waals surface area contributed by atoms with Crippen molar-refractivity contribution in [1.82, 2.24) is 5.09 Å². The predicted molar refractivity (Wildman–Crippen MR) is 82.9 cm³/mol. The topological polar surface area (TPSA) is 67.8 Å². The normalized spacial score (nSPS) is 13.7. The van der Waals surface area contributed by atoms with Crippen LogP contribution in [0.25, 0.3) is 0 Å². The van der Waals surface area contributed by atoms with Gasteiger partial charge in [0.15, 0.2) is 0 Å². The van der Waals surface area contributed by atoms with E-state index in [1.54, 1.807) is 24.3 Å². The molecule has 0 amide bonds. The molecule has 112 valence electrons. The molecular weight excluding hydrogens is 321 g/mol. The lowest BCUT2D eigenvalue weighted by molar-refractivity contribution is -0.137. The van der Waals surface area contributed by atoms with Gasteiger partial charge in [0.25, 0.3) is 0 Å². The number of hydrogen-bond donors (Lipinski definition) is 2. The van der Waals surface area contributed by atoms with Crippen molar-refractivity contribution in [1.29, 1.82) is 0 Å². The first-order valence-electron chi connectivity index (χ1n) is 6.12. The van der Waals surface area contributed by atoms with Gasteiger partial charge in [0.05, 0.1) is 6.61 Å².